The van der Waals surface area contributed by atoms with Crippen LogP contribution in [-0.2, 0) is 6.54 Å². The quantitative estimate of drug-likeness (QED) is 0.866. The van der Waals surface area contributed by atoms with Crippen molar-refractivity contribution < 1.29 is 9.32 Å². The van der Waals surface area contributed by atoms with Crippen LogP contribution in [0.2, 0.25) is 0 Å². The van der Waals surface area contributed by atoms with Crippen LogP contribution in [-0.4, -0.2) is 47.6 Å². The molecule has 1 amide bonds. The van der Waals surface area contributed by atoms with Crippen LogP contribution in [0.25, 0.3) is 0 Å². The number of aromatic nitrogens is 2. The van der Waals surface area contributed by atoms with E-state index in [0.29, 0.717) is 17.3 Å². The zero-order valence-corrected chi connectivity index (χ0v) is 13.7. The summed E-state index contributed by atoms with van der Waals surface area (Å²) < 4.78 is 5.22. The third-order valence-corrected chi connectivity index (χ3v) is 3.73. The van der Waals surface area contributed by atoms with Gasteiger partial charge in [-0.15, -0.1) is 12.4 Å². The van der Waals surface area contributed by atoms with Crippen molar-refractivity contribution in [2.75, 3.05) is 26.7 Å². The number of amides is 1. The summed E-state index contributed by atoms with van der Waals surface area (Å²) in [7, 11) is 2.04. The molecular weight excluding hydrogens is 318 g/mol. The maximum Gasteiger partial charge on any atom is 0.251 e. The molecule has 7 nitrogen and oxygen atoms in total. The van der Waals surface area contributed by atoms with Crippen molar-refractivity contribution in [1.29, 1.82) is 0 Å². The van der Waals surface area contributed by atoms with E-state index in [9.17, 15) is 4.79 Å². The van der Waals surface area contributed by atoms with Gasteiger partial charge in [-0.3, -0.25) is 9.69 Å². The highest BCUT2D eigenvalue weighted by Crippen LogP contribution is 2.17. The van der Waals surface area contributed by atoms with Gasteiger partial charge in [0.2, 0.25) is 5.89 Å². The molecule has 1 saturated heterocycles. The Bertz CT molecular complexity index is 634. The van der Waals surface area contributed by atoms with Crippen LogP contribution < -0.4 is 10.6 Å². The number of carbonyl (C=O) groups excluding carboxylic acids is 1. The van der Waals surface area contributed by atoms with Crippen molar-refractivity contribution in [2.24, 2.45) is 0 Å². The monoisotopic (exact) mass is 337 g/mol. The molecule has 3 rings (SSSR count). The lowest BCUT2D eigenvalue weighted by Crippen LogP contribution is -2.44. The second-order valence-electron chi connectivity index (χ2n) is 5.30. The number of benzene rings is 1. The van der Waals surface area contributed by atoms with Crippen LogP contribution in [0.15, 0.2) is 34.9 Å². The third-order valence-electron chi connectivity index (χ3n) is 3.73. The van der Waals surface area contributed by atoms with E-state index in [1.807, 2.05) is 25.2 Å². The van der Waals surface area contributed by atoms with E-state index < -0.39 is 0 Å². The number of rotatable bonds is 4. The fourth-order valence-electron chi connectivity index (χ4n) is 2.42. The van der Waals surface area contributed by atoms with Gasteiger partial charge >= 0.3 is 0 Å². The molecule has 1 aromatic heterocycles. The number of hydrogen-bond donors (Lipinski definition) is 2. The second-order valence-corrected chi connectivity index (χ2v) is 5.30. The average Bonchev–Trinajstić information content (AvgIpc) is 3.02. The number of carbonyl (C=O) groups is 1. The molecule has 2 heterocycles. The van der Waals surface area contributed by atoms with Gasteiger partial charge < -0.3 is 15.2 Å². The summed E-state index contributed by atoms with van der Waals surface area (Å²) in [5.41, 5.74) is 0.610. The van der Waals surface area contributed by atoms with Gasteiger partial charge in [0.1, 0.15) is 0 Å². The van der Waals surface area contributed by atoms with Gasteiger partial charge in [0, 0.05) is 25.2 Å². The zero-order chi connectivity index (χ0) is 15.4. The minimum Gasteiger partial charge on any atom is -0.343 e. The first-order valence-electron chi connectivity index (χ1n) is 7.31. The first-order valence-corrected chi connectivity index (χ1v) is 7.31. The van der Waals surface area contributed by atoms with Crippen molar-refractivity contribution in [1.82, 2.24) is 25.7 Å². The molecule has 0 saturated carbocycles. The summed E-state index contributed by atoms with van der Waals surface area (Å²) in [4.78, 5) is 18.5. The van der Waals surface area contributed by atoms with E-state index in [1.54, 1.807) is 12.1 Å². The standard InChI is InChI=1S/C15H19N5O2.ClH/c1-20-8-7-16-9-12(20)14-18-13(22-19-14)10-17-15(21)11-5-3-2-4-6-11;/h2-6,12,16H,7-10H2,1H3,(H,17,21);1H. The molecule has 1 aliphatic heterocycles. The Morgan fingerprint density at radius 1 is 1.43 bits per heavy atom. The molecule has 1 fully saturated rings. The Kier molecular flexibility index (Phi) is 6.09. The highest BCUT2D eigenvalue weighted by atomic mass is 35.5. The van der Waals surface area contributed by atoms with Gasteiger partial charge in [-0.2, -0.15) is 4.98 Å². The minimum absolute atomic E-state index is 0. The normalized spacial score (nSPS) is 18.2. The maximum absolute atomic E-state index is 12.0. The molecule has 124 valence electrons. The molecule has 2 N–H and O–H groups in total. The lowest BCUT2D eigenvalue weighted by molar-refractivity contribution is 0.0946. The summed E-state index contributed by atoms with van der Waals surface area (Å²) in [6.07, 6.45) is 0. The molecule has 1 aromatic carbocycles. The molecule has 1 aliphatic rings. The highest BCUT2D eigenvalue weighted by molar-refractivity contribution is 5.93. The van der Waals surface area contributed by atoms with Crippen molar-refractivity contribution in [3.05, 3.63) is 47.6 Å². The van der Waals surface area contributed by atoms with Gasteiger partial charge in [0.15, 0.2) is 5.82 Å². The third kappa shape index (κ3) is 4.28. The van der Waals surface area contributed by atoms with Crippen LogP contribution >= 0.6 is 12.4 Å². The van der Waals surface area contributed by atoms with E-state index >= 15 is 0 Å². The number of halogens is 1. The van der Waals surface area contributed by atoms with Crippen LogP contribution in [0.1, 0.15) is 28.1 Å². The number of hydrogen-bond acceptors (Lipinski definition) is 6. The fourth-order valence-corrected chi connectivity index (χ4v) is 2.42. The lowest BCUT2D eigenvalue weighted by atomic mass is 10.2. The van der Waals surface area contributed by atoms with Gasteiger partial charge in [0.05, 0.1) is 12.6 Å². The Morgan fingerprint density at radius 2 is 2.22 bits per heavy atom. The van der Waals surface area contributed by atoms with E-state index in [1.165, 1.54) is 0 Å². The van der Waals surface area contributed by atoms with Crippen LogP contribution in [0, 0.1) is 0 Å². The van der Waals surface area contributed by atoms with Gasteiger partial charge in [-0.05, 0) is 19.2 Å². The first kappa shape index (κ1) is 17.4. The van der Waals surface area contributed by atoms with Gasteiger partial charge in [-0.1, -0.05) is 23.4 Å². The Morgan fingerprint density at radius 3 is 2.96 bits per heavy atom. The fraction of sp³-hybridized carbons (Fsp3) is 0.400. The van der Waals surface area contributed by atoms with Crippen LogP contribution in [0.3, 0.4) is 0 Å². The predicted octanol–water partition coefficient (Wildman–Crippen LogP) is 0.997. The van der Waals surface area contributed by atoms with E-state index in [2.05, 4.69) is 25.7 Å². The van der Waals surface area contributed by atoms with Gasteiger partial charge in [-0.25, -0.2) is 0 Å². The van der Waals surface area contributed by atoms with Crippen molar-refractivity contribution in [3.8, 4) is 0 Å². The van der Waals surface area contributed by atoms with Crippen molar-refractivity contribution in [2.45, 2.75) is 12.6 Å². The number of likely N-dealkylation sites (N-methyl/N-ethyl adjacent to an activating group) is 1. The van der Waals surface area contributed by atoms with Crippen LogP contribution in [0.4, 0.5) is 0 Å². The molecule has 2 aromatic rings. The molecule has 0 radical (unpaired) electrons. The topological polar surface area (TPSA) is 83.3 Å². The number of nitrogens with one attached hydrogen (secondary N) is 2. The minimum atomic E-state index is -0.156. The average molecular weight is 338 g/mol. The van der Waals surface area contributed by atoms with Crippen LogP contribution in [0.5, 0.6) is 0 Å². The molecule has 0 spiro atoms. The summed E-state index contributed by atoms with van der Waals surface area (Å²) in [6.45, 7) is 2.93. The molecular formula is C15H20ClN5O2. The highest BCUT2D eigenvalue weighted by Gasteiger charge is 2.25. The predicted molar refractivity (Wildman–Crippen MR) is 87.4 cm³/mol. The smallest absolute Gasteiger partial charge is 0.251 e. The lowest BCUT2D eigenvalue weighted by Gasteiger charge is -2.30. The number of nitrogens with zero attached hydrogens (tertiary/aromatic N) is 3. The number of piperazine rings is 1. The van der Waals surface area contributed by atoms with Crippen molar-refractivity contribution in [3.63, 3.8) is 0 Å². The molecule has 23 heavy (non-hydrogen) atoms. The SMILES string of the molecule is CN1CCNCC1c1noc(CNC(=O)c2ccccc2)n1.Cl. The zero-order valence-electron chi connectivity index (χ0n) is 12.9. The maximum atomic E-state index is 12.0. The first-order chi connectivity index (χ1) is 10.7. The molecule has 1 atom stereocenters. The summed E-state index contributed by atoms with van der Waals surface area (Å²) >= 11 is 0. The largest absolute Gasteiger partial charge is 0.343 e. The van der Waals surface area contributed by atoms with Gasteiger partial charge in [0.25, 0.3) is 5.91 Å². The molecule has 1 unspecified atom stereocenters. The summed E-state index contributed by atoms with van der Waals surface area (Å²) in [5.74, 6) is 0.911. The Hall–Kier alpha value is -1.96. The molecule has 0 bridgehead atoms. The second kappa shape index (κ2) is 8.05. The van der Waals surface area contributed by atoms with E-state index in [-0.39, 0.29) is 30.9 Å². The molecule has 8 heteroatoms. The Balaban J connectivity index is 0.00000192. The van der Waals surface area contributed by atoms with E-state index in [0.717, 1.165) is 19.6 Å². The Labute approximate surface area is 140 Å². The molecule has 0 aliphatic carbocycles. The summed E-state index contributed by atoms with van der Waals surface area (Å²) in [6, 6.07) is 9.15. The summed E-state index contributed by atoms with van der Waals surface area (Å²) in [5, 5.41) is 10.1. The van der Waals surface area contributed by atoms with Crippen molar-refractivity contribution >= 4 is 18.3 Å². The van der Waals surface area contributed by atoms with E-state index in [4.69, 9.17) is 4.52 Å².